The fourth-order valence-corrected chi connectivity index (χ4v) is 2.71. The van der Waals surface area contributed by atoms with Gasteiger partial charge in [0.25, 0.3) is 0 Å². The van der Waals surface area contributed by atoms with Crippen LogP contribution in [0, 0.1) is 5.92 Å². The molecule has 23 heavy (non-hydrogen) atoms. The lowest BCUT2D eigenvalue weighted by Gasteiger charge is -2.18. The highest BCUT2D eigenvalue weighted by Crippen LogP contribution is 2.12. The molecule has 0 aliphatic carbocycles. The molecule has 0 bridgehead atoms. The highest BCUT2D eigenvalue weighted by Gasteiger charge is 2.07. The summed E-state index contributed by atoms with van der Waals surface area (Å²) >= 11 is 3.47. The van der Waals surface area contributed by atoms with E-state index in [1.165, 1.54) is 6.42 Å². The van der Waals surface area contributed by atoms with Crippen LogP contribution in [0.4, 0.5) is 0 Å². The molecule has 2 heterocycles. The Balaban J connectivity index is 1.89. The maximum Gasteiger partial charge on any atom is 0.191 e. The minimum Gasteiger partial charge on any atom is -0.354 e. The third-order valence-electron chi connectivity index (χ3n) is 3.69. The van der Waals surface area contributed by atoms with Crippen LogP contribution in [0.2, 0.25) is 0 Å². The van der Waals surface area contributed by atoms with Crippen LogP contribution in [0.3, 0.4) is 0 Å². The molecule has 0 fully saturated rings. The molecule has 2 aromatic heterocycles. The van der Waals surface area contributed by atoms with Gasteiger partial charge in [-0.3, -0.25) is 4.99 Å². The highest BCUT2D eigenvalue weighted by molar-refractivity contribution is 9.10. The fraction of sp³-hybridized carbons (Fsp3) is 0.529. The maximum absolute atomic E-state index is 4.60. The molecule has 0 saturated heterocycles. The lowest BCUT2D eigenvalue weighted by Crippen LogP contribution is -2.42. The first-order valence-corrected chi connectivity index (χ1v) is 8.87. The number of imidazole rings is 1. The summed E-state index contributed by atoms with van der Waals surface area (Å²) < 4.78 is 3.06. The van der Waals surface area contributed by atoms with E-state index in [-0.39, 0.29) is 0 Å². The van der Waals surface area contributed by atoms with Crippen molar-refractivity contribution in [3.63, 3.8) is 0 Å². The van der Waals surface area contributed by atoms with Gasteiger partial charge < -0.3 is 15.0 Å². The topological polar surface area (TPSA) is 53.7 Å². The van der Waals surface area contributed by atoms with Crippen molar-refractivity contribution >= 4 is 27.5 Å². The van der Waals surface area contributed by atoms with Crippen molar-refractivity contribution in [1.29, 1.82) is 0 Å². The lowest BCUT2D eigenvalue weighted by molar-refractivity contribution is 0.489. The molecule has 126 valence electrons. The van der Waals surface area contributed by atoms with Crippen LogP contribution in [0.15, 0.2) is 34.0 Å². The fourth-order valence-electron chi connectivity index (χ4n) is 2.36. The number of hydrogen-bond donors (Lipinski definition) is 2. The van der Waals surface area contributed by atoms with Gasteiger partial charge in [0.05, 0.1) is 12.2 Å². The van der Waals surface area contributed by atoms with Gasteiger partial charge >= 0.3 is 0 Å². The Bertz CT molecular complexity index is 662. The van der Waals surface area contributed by atoms with Crippen molar-refractivity contribution in [3.05, 3.63) is 34.7 Å². The number of pyridine rings is 1. The summed E-state index contributed by atoms with van der Waals surface area (Å²) in [5, 5.41) is 6.76. The highest BCUT2D eigenvalue weighted by atomic mass is 79.9. The van der Waals surface area contributed by atoms with Crippen LogP contribution in [0.5, 0.6) is 0 Å². The second-order valence-electron chi connectivity index (χ2n) is 6.29. The summed E-state index contributed by atoms with van der Waals surface area (Å²) in [7, 11) is 1.80. The Morgan fingerprint density at radius 3 is 2.74 bits per heavy atom. The van der Waals surface area contributed by atoms with E-state index in [9.17, 15) is 0 Å². The molecule has 0 saturated carbocycles. The molecule has 0 amide bonds. The van der Waals surface area contributed by atoms with Gasteiger partial charge in [-0.1, -0.05) is 13.8 Å². The van der Waals surface area contributed by atoms with Gasteiger partial charge in [0, 0.05) is 30.0 Å². The predicted octanol–water partition coefficient (Wildman–Crippen LogP) is 3.59. The second-order valence-corrected chi connectivity index (χ2v) is 7.20. The minimum atomic E-state index is 0.403. The van der Waals surface area contributed by atoms with Crippen LogP contribution < -0.4 is 10.6 Å². The average molecular weight is 380 g/mol. The van der Waals surface area contributed by atoms with Crippen molar-refractivity contribution in [2.24, 2.45) is 10.9 Å². The Morgan fingerprint density at radius 2 is 2.04 bits per heavy atom. The van der Waals surface area contributed by atoms with Crippen molar-refractivity contribution < 1.29 is 0 Å². The summed E-state index contributed by atoms with van der Waals surface area (Å²) in [6.45, 7) is 7.34. The van der Waals surface area contributed by atoms with Crippen LogP contribution in [0.25, 0.3) is 5.65 Å². The number of nitrogens with zero attached hydrogens (tertiary/aromatic N) is 3. The van der Waals surface area contributed by atoms with Crippen molar-refractivity contribution in [1.82, 2.24) is 20.0 Å². The second kappa shape index (κ2) is 8.34. The van der Waals surface area contributed by atoms with E-state index in [0.29, 0.717) is 12.6 Å². The molecule has 0 radical (unpaired) electrons. The van der Waals surface area contributed by atoms with Crippen molar-refractivity contribution in [3.8, 4) is 0 Å². The lowest BCUT2D eigenvalue weighted by atomic mass is 10.0. The van der Waals surface area contributed by atoms with E-state index < -0.39 is 0 Å². The van der Waals surface area contributed by atoms with E-state index in [1.54, 1.807) is 7.05 Å². The van der Waals surface area contributed by atoms with E-state index in [2.05, 4.69) is 57.3 Å². The van der Waals surface area contributed by atoms with Crippen molar-refractivity contribution in [2.75, 3.05) is 7.05 Å². The molecule has 2 rings (SSSR count). The third-order valence-corrected chi connectivity index (χ3v) is 4.15. The SMILES string of the molecule is CN=C(NCc1cn2cc(Br)ccc2n1)NC(C)CCC(C)C. The summed E-state index contributed by atoms with van der Waals surface area (Å²) in [5.41, 5.74) is 1.93. The molecule has 0 aromatic carbocycles. The van der Waals surface area contributed by atoms with Gasteiger partial charge in [0.15, 0.2) is 5.96 Å². The monoisotopic (exact) mass is 379 g/mol. The quantitative estimate of drug-likeness (QED) is 0.595. The summed E-state index contributed by atoms with van der Waals surface area (Å²) in [4.78, 5) is 8.89. The largest absolute Gasteiger partial charge is 0.354 e. The number of halogens is 1. The molecule has 0 spiro atoms. The maximum atomic E-state index is 4.60. The van der Waals surface area contributed by atoms with E-state index in [1.807, 2.05) is 28.9 Å². The van der Waals surface area contributed by atoms with E-state index in [0.717, 1.165) is 34.1 Å². The number of nitrogens with one attached hydrogen (secondary N) is 2. The van der Waals surface area contributed by atoms with Crippen LogP contribution >= 0.6 is 15.9 Å². The number of hydrogen-bond acceptors (Lipinski definition) is 2. The average Bonchev–Trinajstić information content (AvgIpc) is 2.91. The van der Waals surface area contributed by atoms with Gasteiger partial charge in [-0.05, 0) is 53.7 Å². The summed E-state index contributed by atoms with van der Waals surface area (Å²) in [5.74, 6) is 1.55. The number of guanidine groups is 1. The normalized spacial score (nSPS) is 13.6. The molecule has 1 unspecified atom stereocenters. The molecular formula is C17H26BrN5. The molecular weight excluding hydrogens is 354 g/mol. The first-order chi connectivity index (χ1) is 11.0. The van der Waals surface area contributed by atoms with E-state index in [4.69, 9.17) is 0 Å². The zero-order valence-electron chi connectivity index (χ0n) is 14.3. The molecule has 2 N–H and O–H groups in total. The molecule has 2 aromatic rings. The zero-order valence-corrected chi connectivity index (χ0v) is 15.9. The molecule has 0 aliphatic heterocycles. The van der Waals surface area contributed by atoms with Crippen LogP contribution in [-0.2, 0) is 6.54 Å². The standard InChI is InChI=1S/C17H26BrN5/c1-12(2)5-6-13(3)21-17(19-4)20-9-15-11-23-10-14(18)7-8-16(23)22-15/h7-8,10-13H,5-6,9H2,1-4H3,(H2,19,20,21). The summed E-state index contributed by atoms with van der Waals surface area (Å²) in [6.07, 6.45) is 6.39. The van der Waals surface area contributed by atoms with Crippen molar-refractivity contribution in [2.45, 2.75) is 46.2 Å². The van der Waals surface area contributed by atoms with Gasteiger partial charge in [-0.15, -0.1) is 0 Å². The Morgan fingerprint density at radius 1 is 1.26 bits per heavy atom. The molecule has 5 nitrogen and oxygen atoms in total. The minimum absolute atomic E-state index is 0.403. The Labute approximate surface area is 146 Å². The number of rotatable bonds is 6. The zero-order chi connectivity index (χ0) is 16.8. The Hall–Kier alpha value is -1.56. The van der Waals surface area contributed by atoms with Gasteiger partial charge in [0.2, 0.25) is 0 Å². The number of aromatic nitrogens is 2. The number of aliphatic imine (C=N–C) groups is 1. The molecule has 0 aliphatic rings. The summed E-state index contributed by atoms with van der Waals surface area (Å²) in [6, 6.07) is 4.39. The first-order valence-electron chi connectivity index (χ1n) is 8.08. The Kier molecular flexibility index (Phi) is 6.45. The van der Waals surface area contributed by atoms with Crippen LogP contribution in [0.1, 0.15) is 39.3 Å². The first kappa shape index (κ1) is 17.8. The van der Waals surface area contributed by atoms with Gasteiger partial charge in [-0.2, -0.15) is 0 Å². The predicted molar refractivity (Wildman–Crippen MR) is 99.8 cm³/mol. The molecule has 1 atom stereocenters. The smallest absolute Gasteiger partial charge is 0.191 e. The molecule has 6 heteroatoms. The van der Waals surface area contributed by atoms with Gasteiger partial charge in [0.1, 0.15) is 5.65 Å². The van der Waals surface area contributed by atoms with E-state index >= 15 is 0 Å². The number of fused-ring (bicyclic) bond motifs is 1. The third kappa shape index (κ3) is 5.53. The van der Waals surface area contributed by atoms with Gasteiger partial charge in [-0.25, -0.2) is 4.98 Å². The van der Waals surface area contributed by atoms with Crippen LogP contribution in [-0.4, -0.2) is 28.4 Å².